The lowest BCUT2D eigenvalue weighted by Gasteiger charge is -2.36. The number of nitrogens with two attached hydrogens (primary N) is 1. The van der Waals surface area contributed by atoms with Crippen molar-refractivity contribution in [1.82, 2.24) is 4.90 Å². The molecule has 5 heteroatoms. The molecule has 1 fully saturated rings. The van der Waals surface area contributed by atoms with Crippen molar-refractivity contribution in [2.75, 3.05) is 24.6 Å². The van der Waals surface area contributed by atoms with E-state index in [9.17, 15) is 8.42 Å². The Hall–Kier alpha value is -0.390. The molecule has 2 heterocycles. The molecule has 0 amide bonds. The van der Waals surface area contributed by atoms with E-state index in [0.29, 0.717) is 0 Å². The van der Waals surface area contributed by atoms with E-state index >= 15 is 0 Å². The van der Waals surface area contributed by atoms with E-state index in [-0.39, 0.29) is 29.0 Å². The highest BCUT2D eigenvalue weighted by Gasteiger charge is 2.39. The highest BCUT2D eigenvalue weighted by atomic mass is 32.2. The van der Waals surface area contributed by atoms with Crippen LogP contribution in [0.2, 0.25) is 0 Å². The van der Waals surface area contributed by atoms with Gasteiger partial charge in [0, 0.05) is 25.2 Å². The van der Waals surface area contributed by atoms with Crippen LogP contribution < -0.4 is 5.73 Å². The van der Waals surface area contributed by atoms with Crippen LogP contribution in [-0.2, 0) is 9.84 Å². The maximum Gasteiger partial charge on any atom is 0.153 e. The Morgan fingerprint density at radius 3 is 2.39 bits per heavy atom. The number of hydrogen-bond acceptors (Lipinski definition) is 4. The third kappa shape index (κ3) is 2.95. The summed E-state index contributed by atoms with van der Waals surface area (Å²) < 4.78 is 23.2. The van der Waals surface area contributed by atoms with Crippen molar-refractivity contribution in [2.45, 2.75) is 39.3 Å². The number of rotatable bonds is 1. The quantitative estimate of drug-likeness (QED) is 0.717. The summed E-state index contributed by atoms with van der Waals surface area (Å²) >= 11 is 0. The lowest BCUT2D eigenvalue weighted by molar-refractivity contribution is 0.206. The van der Waals surface area contributed by atoms with Crippen LogP contribution in [-0.4, -0.2) is 50.0 Å². The van der Waals surface area contributed by atoms with E-state index in [0.717, 1.165) is 19.5 Å². The molecular formula is C13H24N2O2S. The minimum atomic E-state index is -2.92. The van der Waals surface area contributed by atoms with Crippen LogP contribution in [0.25, 0.3) is 0 Å². The number of nitrogens with zero attached hydrogens (tertiary/aromatic N) is 1. The molecule has 0 spiro atoms. The van der Waals surface area contributed by atoms with Crippen molar-refractivity contribution in [3.8, 4) is 0 Å². The van der Waals surface area contributed by atoms with E-state index in [1.807, 2.05) is 0 Å². The molecule has 2 aliphatic rings. The summed E-state index contributed by atoms with van der Waals surface area (Å²) in [5, 5.41) is 0. The smallest absolute Gasteiger partial charge is 0.153 e. The summed E-state index contributed by atoms with van der Waals surface area (Å²) in [5.41, 5.74) is 7.65. The maximum absolute atomic E-state index is 11.6. The van der Waals surface area contributed by atoms with Crippen molar-refractivity contribution in [3.63, 3.8) is 0 Å². The first-order valence-corrected chi connectivity index (χ1v) is 8.41. The van der Waals surface area contributed by atoms with Crippen LogP contribution >= 0.6 is 0 Å². The van der Waals surface area contributed by atoms with E-state index < -0.39 is 9.84 Å². The van der Waals surface area contributed by atoms with E-state index in [1.54, 1.807) is 0 Å². The number of hydrogen-bond donors (Lipinski definition) is 1. The molecule has 0 aliphatic carbocycles. The van der Waals surface area contributed by atoms with E-state index in [1.165, 1.54) is 5.57 Å². The third-order valence-corrected chi connectivity index (χ3v) is 5.78. The predicted molar refractivity (Wildman–Crippen MR) is 74.1 cm³/mol. The van der Waals surface area contributed by atoms with Crippen molar-refractivity contribution >= 4 is 9.84 Å². The Kier molecular flexibility index (Phi) is 3.60. The first kappa shape index (κ1) is 14.0. The van der Waals surface area contributed by atoms with Gasteiger partial charge in [-0.15, -0.1) is 0 Å². The predicted octanol–water partition coefficient (Wildman–Crippen LogP) is 0.789. The van der Waals surface area contributed by atoms with Crippen molar-refractivity contribution in [1.29, 1.82) is 0 Å². The van der Waals surface area contributed by atoms with Gasteiger partial charge in [0.2, 0.25) is 0 Å². The number of sulfone groups is 1. The van der Waals surface area contributed by atoms with Gasteiger partial charge in [0.15, 0.2) is 9.84 Å². The summed E-state index contributed by atoms with van der Waals surface area (Å²) in [7, 11) is -2.92. The van der Waals surface area contributed by atoms with E-state index in [2.05, 4.69) is 31.7 Å². The van der Waals surface area contributed by atoms with Gasteiger partial charge in [0.1, 0.15) is 0 Å². The Balaban J connectivity index is 2.05. The zero-order valence-electron chi connectivity index (χ0n) is 11.5. The molecule has 1 saturated heterocycles. The van der Waals surface area contributed by atoms with E-state index in [4.69, 9.17) is 5.73 Å². The molecule has 0 aromatic carbocycles. The molecule has 2 aliphatic heterocycles. The van der Waals surface area contributed by atoms with Crippen LogP contribution in [0.5, 0.6) is 0 Å². The Morgan fingerprint density at radius 2 is 2.00 bits per heavy atom. The fourth-order valence-electron chi connectivity index (χ4n) is 2.90. The average molecular weight is 272 g/mol. The van der Waals surface area contributed by atoms with Gasteiger partial charge in [0.25, 0.3) is 0 Å². The largest absolute Gasteiger partial charge is 0.325 e. The normalized spacial score (nSPS) is 33.4. The summed E-state index contributed by atoms with van der Waals surface area (Å²) in [5.74, 6) is 0.372. The summed E-state index contributed by atoms with van der Waals surface area (Å²) in [6, 6.07) is -0.215. The topological polar surface area (TPSA) is 63.4 Å². The molecule has 0 bridgehead atoms. The molecule has 2 N–H and O–H groups in total. The molecule has 0 saturated carbocycles. The maximum atomic E-state index is 11.6. The first-order valence-electron chi connectivity index (χ1n) is 6.58. The van der Waals surface area contributed by atoms with Gasteiger partial charge in [-0.25, -0.2) is 8.42 Å². The van der Waals surface area contributed by atoms with Gasteiger partial charge in [-0.3, -0.25) is 4.90 Å². The van der Waals surface area contributed by atoms with Crippen LogP contribution in [0.3, 0.4) is 0 Å². The molecule has 0 radical (unpaired) electrons. The standard InChI is InChI=1S/C13H24N2O2S/c1-13(2,3)10-4-6-15(7-5-10)12-9-18(16,17)8-11(12)14/h4,11-12H,5-9,14H2,1-3H3. The second-order valence-corrected chi connectivity index (χ2v) is 8.69. The fourth-order valence-corrected chi connectivity index (χ4v) is 4.82. The van der Waals surface area contributed by atoms with Crippen LogP contribution in [0.4, 0.5) is 0 Å². The molecule has 18 heavy (non-hydrogen) atoms. The zero-order chi connectivity index (χ0) is 13.6. The minimum absolute atomic E-state index is 0.00719. The Morgan fingerprint density at radius 1 is 1.33 bits per heavy atom. The van der Waals surface area contributed by atoms with Crippen LogP contribution in [0.1, 0.15) is 27.2 Å². The lowest BCUT2D eigenvalue weighted by atomic mass is 9.82. The van der Waals surface area contributed by atoms with Crippen LogP contribution in [0.15, 0.2) is 11.6 Å². The Labute approximate surface area is 110 Å². The highest BCUT2D eigenvalue weighted by Crippen LogP contribution is 2.31. The van der Waals surface area contributed by atoms with Gasteiger partial charge in [-0.2, -0.15) is 0 Å². The molecule has 104 valence electrons. The summed E-state index contributed by atoms with van der Waals surface area (Å²) in [4.78, 5) is 2.23. The zero-order valence-corrected chi connectivity index (χ0v) is 12.3. The van der Waals surface area contributed by atoms with Crippen molar-refractivity contribution in [2.24, 2.45) is 11.1 Å². The van der Waals surface area contributed by atoms with Crippen LogP contribution in [0, 0.1) is 5.41 Å². The molecule has 4 nitrogen and oxygen atoms in total. The molecular weight excluding hydrogens is 248 g/mol. The molecule has 2 rings (SSSR count). The molecule has 0 aromatic heterocycles. The average Bonchev–Trinajstić information content (AvgIpc) is 2.51. The first-order chi connectivity index (χ1) is 8.19. The SMILES string of the molecule is CC(C)(C)C1=CCN(C2CS(=O)(=O)CC2N)CC1. The lowest BCUT2D eigenvalue weighted by Crippen LogP contribution is -2.49. The third-order valence-electron chi connectivity index (χ3n) is 4.04. The highest BCUT2D eigenvalue weighted by molar-refractivity contribution is 7.91. The monoisotopic (exact) mass is 272 g/mol. The van der Waals surface area contributed by atoms with Gasteiger partial charge in [0.05, 0.1) is 11.5 Å². The van der Waals surface area contributed by atoms with Gasteiger partial charge in [-0.05, 0) is 11.8 Å². The van der Waals surface area contributed by atoms with Crippen molar-refractivity contribution < 1.29 is 8.42 Å². The second kappa shape index (κ2) is 4.62. The fraction of sp³-hybridized carbons (Fsp3) is 0.846. The van der Waals surface area contributed by atoms with Gasteiger partial charge < -0.3 is 5.73 Å². The molecule has 2 atom stereocenters. The minimum Gasteiger partial charge on any atom is -0.325 e. The summed E-state index contributed by atoms with van der Waals surface area (Å²) in [6.07, 6.45) is 3.27. The van der Waals surface area contributed by atoms with Crippen molar-refractivity contribution in [3.05, 3.63) is 11.6 Å². The van der Waals surface area contributed by atoms with Gasteiger partial charge >= 0.3 is 0 Å². The Bertz CT molecular complexity index is 448. The molecule has 0 aromatic rings. The second-order valence-electron chi connectivity index (χ2n) is 6.53. The van der Waals surface area contributed by atoms with Gasteiger partial charge in [-0.1, -0.05) is 32.4 Å². The summed E-state index contributed by atoms with van der Waals surface area (Å²) in [6.45, 7) is 8.43. The molecule has 2 unspecified atom stereocenters.